The van der Waals surface area contributed by atoms with Crippen molar-refractivity contribution >= 4 is 12.1 Å². The average Bonchev–Trinajstić information content (AvgIpc) is 3.12. The number of guanidine groups is 1. The van der Waals surface area contributed by atoms with Gasteiger partial charge in [0, 0.05) is 25.7 Å². The van der Waals surface area contributed by atoms with Crippen molar-refractivity contribution in [1.29, 1.82) is 0 Å². The topological polar surface area (TPSA) is 101 Å². The van der Waals surface area contributed by atoms with Gasteiger partial charge in [-0.15, -0.1) is 0 Å². The molecule has 3 N–H and O–H groups in total. The predicted molar refractivity (Wildman–Crippen MR) is 114 cm³/mol. The summed E-state index contributed by atoms with van der Waals surface area (Å²) in [7, 11) is 1.70. The van der Waals surface area contributed by atoms with Crippen LogP contribution >= 0.6 is 0 Å². The van der Waals surface area contributed by atoms with Crippen LogP contribution in [-0.4, -0.2) is 42.8 Å². The smallest absolute Gasteiger partial charge is 0.407 e. The molecule has 0 spiro atoms. The highest BCUT2D eigenvalue weighted by atomic mass is 16.6. The molecular weight excluding hydrogens is 370 g/mol. The molecular formula is C21H31N5O3. The van der Waals surface area contributed by atoms with Crippen LogP contribution in [-0.2, 0) is 11.3 Å². The highest BCUT2D eigenvalue weighted by Crippen LogP contribution is 2.20. The van der Waals surface area contributed by atoms with E-state index in [4.69, 9.17) is 9.15 Å². The summed E-state index contributed by atoms with van der Waals surface area (Å²) in [5, 5.41) is 9.07. The summed E-state index contributed by atoms with van der Waals surface area (Å²) in [6.07, 6.45) is 2.05. The molecule has 29 heavy (non-hydrogen) atoms. The van der Waals surface area contributed by atoms with Gasteiger partial charge in [0.05, 0.1) is 12.7 Å². The van der Waals surface area contributed by atoms with Gasteiger partial charge in [0.15, 0.2) is 11.7 Å². The lowest BCUT2D eigenvalue weighted by Crippen LogP contribution is -2.39. The second kappa shape index (κ2) is 10.5. The molecule has 8 nitrogen and oxygen atoms in total. The maximum Gasteiger partial charge on any atom is 0.407 e. The number of rotatable bonds is 7. The molecule has 158 valence electrons. The summed E-state index contributed by atoms with van der Waals surface area (Å²) >= 11 is 0. The van der Waals surface area contributed by atoms with E-state index in [0.29, 0.717) is 31.5 Å². The maximum atomic E-state index is 11.6. The van der Waals surface area contributed by atoms with Crippen molar-refractivity contribution < 1.29 is 13.9 Å². The fourth-order valence-corrected chi connectivity index (χ4v) is 2.42. The van der Waals surface area contributed by atoms with Gasteiger partial charge in [-0.25, -0.2) is 9.78 Å². The van der Waals surface area contributed by atoms with Gasteiger partial charge >= 0.3 is 6.09 Å². The number of aliphatic imine (C=N–C) groups is 1. The molecule has 0 aliphatic carbocycles. The van der Waals surface area contributed by atoms with E-state index in [2.05, 4.69) is 25.9 Å². The molecule has 0 unspecified atom stereocenters. The van der Waals surface area contributed by atoms with Crippen LogP contribution in [0.3, 0.4) is 0 Å². The van der Waals surface area contributed by atoms with E-state index in [-0.39, 0.29) is 0 Å². The summed E-state index contributed by atoms with van der Waals surface area (Å²) in [5.41, 5.74) is 1.70. The predicted octanol–water partition coefficient (Wildman–Crippen LogP) is 3.23. The Kier molecular flexibility index (Phi) is 8.06. The lowest BCUT2D eigenvalue weighted by Gasteiger charge is -2.19. The first-order valence-electron chi connectivity index (χ1n) is 9.70. The van der Waals surface area contributed by atoms with Crippen molar-refractivity contribution in [1.82, 2.24) is 20.9 Å². The first kappa shape index (κ1) is 22.3. The van der Waals surface area contributed by atoms with Crippen LogP contribution in [0.15, 0.2) is 39.9 Å². The molecule has 2 aromatic rings. The monoisotopic (exact) mass is 401 g/mol. The molecule has 0 fully saturated rings. The van der Waals surface area contributed by atoms with Gasteiger partial charge in [-0.1, -0.05) is 29.8 Å². The number of hydrogen-bond acceptors (Lipinski definition) is 5. The molecule has 0 bridgehead atoms. The largest absolute Gasteiger partial charge is 0.444 e. The number of aryl methyl sites for hydroxylation is 1. The molecule has 1 aromatic heterocycles. The highest BCUT2D eigenvalue weighted by molar-refractivity contribution is 5.79. The Morgan fingerprint density at radius 3 is 2.48 bits per heavy atom. The van der Waals surface area contributed by atoms with Crippen LogP contribution in [0.2, 0.25) is 0 Å². The Labute approximate surface area is 172 Å². The molecule has 0 saturated heterocycles. The highest BCUT2D eigenvalue weighted by Gasteiger charge is 2.15. The zero-order valence-corrected chi connectivity index (χ0v) is 17.8. The Balaban J connectivity index is 1.69. The number of benzene rings is 1. The van der Waals surface area contributed by atoms with E-state index in [1.54, 1.807) is 13.2 Å². The van der Waals surface area contributed by atoms with Crippen LogP contribution in [0.5, 0.6) is 0 Å². The van der Waals surface area contributed by atoms with Gasteiger partial charge in [0.1, 0.15) is 5.60 Å². The van der Waals surface area contributed by atoms with Crippen LogP contribution in [0.25, 0.3) is 11.3 Å². The molecule has 0 saturated carbocycles. The van der Waals surface area contributed by atoms with Crippen molar-refractivity contribution in [2.45, 2.75) is 46.3 Å². The fourth-order valence-electron chi connectivity index (χ4n) is 2.42. The summed E-state index contributed by atoms with van der Waals surface area (Å²) in [6, 6.07) is 8.11. The first-order chi connectivity index (χ1) is 13.8. The number of amides is 1. The average molecular weight is 402 g/mol. The van der Waals surface area contributed by atoms with Crippen LogP contribution in [0.1, 0.15) is 38.6 Å². The van der Waals surface area contributed by atoms with Crippen LogP contribution < -0.4 is 16.0 Å². The minimum Gasteiger partial charge on any atom is -0.444 e. The number of aromatic nitrogens is 1. The third kappa shape index (κ3) is 8.25. The van der Waals surface area contributed by atoms with Crippen molar-refractivity contribution in [2.75, 3.05) is 20.1 Å². The molecule has 1 aromatic carbocycles. The van der Waals surface area contributed by atoms with Gasteiger partial charge in [-0.3, -0.25) is 4.99 Å². The molecule has 8 heteroatoms. The van der Waals surface area contributed by atoms with Crippen molar-refractivity contribution in [2.24, 2.45) is 4.99 Å². The Hall–Kier alpha value is -3.03. The number of alkyl carbamates (subject to hydrolysis) is 1. The summed E-state index contributed by atoms with van der Waals surface area (Å²) in [4.78, 5) is 20.1. The van der Waals surface area contributed by atoms with Crippen molar-refractivity contribution in [3.05, 3.63) is 41.9 Å². The number of ether oxygens (including phenoxy) is 1. The minimum absolute atomic E-state index is 0.409. The summed E-state index contributed by atoms with van der Waals surface area (Å²) in [5.74, 6) is 1.95. The molecule has 0 radical (unpaired) electrons. The van der Waals surface area contributed by atoms with Gasteiger partial charge in [0.2, 0.25) is 5.89 Å². The zero-order chi connectivity index (χ0) is 21.3. The van der Waals surface area contributed by atoms with E-state index in [9.17, 15) is 4.79 Å². The number of oxazole rings is 1. The van der Waals surface area contributed by atoms with Crippen molar-refractivity contribution in [3.63, 3.8) is 0 Å². The van der Waals surface area contributed by atoms with Crippen molar-refractivity contribution in [3.8, 4) is 11.3 Å². The number of hydrogen-bond donors (Lipinski definition) is 3. The summed E-state index contributed by atoms with van der Waals surface area (Å²) in [6.45, 7) is 9.13. The number of nitrogens with zero attached hydrogens (tertiary/aromatic N) is 2. The minimum atomic E-state index is -0.493. The Morgan fingerprint density at radius 2 is 1.83 bits per heavy atom. The third-order valence-electron chi connectivity index (χ3n) is 3.83. The normalized spacial score (nSPS) is 11.8. The van der Waals surface area contributed by atoms with Gasteiger partial charge < -0.3 is 25.1 Å². The maximum absolute atomic E-state index is 11.6. The first-order valence-corrected chi connectivity index (χ1v) is 9.70. The van der Waals surface area contributed by atoms with Gasteiger partial charge in [-0.2, -0.15) is 0 Å². The SMILES string of the molecule is CN=C(NCCCNC(=O)OC(C)(C)C)NCc1ncc(-c2ccc(C)cc2)o1. The molecule has 0 aliphatic heterocycles. The quantitative estimate of drug-likeness (QED) is 0.374. The van der Waals surface area contributed by atoms with E-state index in [1.807, 2.05) is 52.0 Å². The van der Waals surface area contributed by atoms with E-state index in [1.165, 1.54) is 5.56 Å². The molecule has 2 rings (SSSR count). The van der Waals surface area contributed by atoms with Gasteiger partial charge in [0.25, 0.3) is 0 Å². The van der Waals surface area contributed by atoms with E-state index < -0.39 is 11.7 Å². The third-order valence-corrected chi connectivity index (χ3v) is 3.83. The number of carbonyl (C=O) groups is 1. The van der Waals surface area contributed by atoms with Crippen LogP contribution in [0, 0.1) is 6.92 Å². The fraction of sp³-hybridized carbons (Fsp3) is 0.476. The van der Waals surface area contributed by atoms with E-state index >= 15 is 0 Å². The standard InChI is InChI=1S/C21H31N5O3/c1-15-7-9-16(10-8-15)17-13-25-18(28-17)14-26-19(22-5)23-11-6-12-24-20(27)29-21(2,3)4/h7-10,13H,6,11-12,14H2,1-5H3,(H,24,27)(H2,22,23,26). The lowest BCUT2D eigenvalue weighted by molar-refractivity contribution is 0.0527. The second-order valence-corrected chi connectivity index (χ2v) is 7.62. The van der Waals surface area contributed by atoms with E-state index in [0.717, 1.165) is 17.7 Å². The second-order valence-electron chi connectivity index (χ2n) is 7.62. The zero-order valence-electron chi connectivity index (χ0n) is 17.8. The Bertz CT molecular complexity index is 806. The summed E-state index contributed by atoms with van der Waals surface area (Å²) < 4.78 is 11.0. The molecule has 0 aliphatic rings. The molecule has 1 amide bonds. The lowest BCUT2D eigenvalue weighted by atomic mass is 10.1. The number of carbonyl (C=O) groups excluding carboxylic acids is 1. The molecule has 1 heterocycles. The Morgan fingerprint density at radius 1 is 1.14 bits per heavy atom. The molecule has 0 atom stereocenters. The van der Waals surface area contributed by atoms with Crippen LogP contribution in [0.4, 0.5) is 4.79 Å². The number of nitrogens with one attached hydrogen (secondary N) is 3. The van der Waals surface area contributed by atoms with Gasteiger partial charge in [-0.05, 0) is 34.1 Å².